The van der Waals surface area contributed by atoms with E-state index in [2.05, 4.69) is 44.8 Å². The molecule has 0 bridgehead atoms. The van der Waals surface area contributed by atoms with Gasteiger partial charge in [-0.25, -0.2) is 0 Å². The second kappa shape index (κ2) is 10.2. The number of guanidine groups is 1. The van der Waals surface area contributed by atoms with E-state index in [4.69, 9.17) is 4.74 Å². The first kappa shape index (κ1) is 17.8. The minimum atomic E-state index is 0.697. The molecule has 1 aromatic rings. The van der Waals surface area contributed by atoms with Crippen molar-refractivity contribution in [2.45, 2.75) is 32.9 Å². The average Bonchev–Trinajstić information content (AvgIpc) is 3.08. The van der Waals surface area contributed by atoms with Gasteiger partial charge in [0, 0.05) is 33.3 Å². The first-order valence-corrected chi connectivity index (χ1v) is 8.64. The van der Waals surface area contributed by atoms with Gasteiger partial charge in [-0.1, -0.05) is 24.3 Å². The van der Waals surface area contributed by atoms with Crippen LogP contribution in [0.5, 0.6) is 0 Å². The van der Waals surface area contributed by atoms with Gasteiger partial charge in [-0.3, -0.25) is 9.89 Å². The monoisotopic (exact) mass is 318 g/mol. The van der Waals surface area contributed by atoms with Crippen molar-refractivity contribution >= 4 is 5.96 Å². The van der Waals surface area contributed by atoms with Crippen molar-refractivity contribution in [3.8, 4) is 0 Å². The Morgan fingerprint density at radius 1 is 1.13 bits per heavy atom. The highest BCUT2D eigenvalue weighted by Crippen LogP contribution is 2.13. The summed E-state index contributed by atoms with van der Waals surface area (Å²) < 4.78 is 5.31. The van der Waals surface area contributed by atoms with E-state index in [1.54, 1.807) is 7.05 Å². The van der Waals surface area contributed by atoms with Crippen LogP contribution >= 0.6 is 0 Å². The molecule has 5 nitrogen and oxygen atoms in total. The first-order valence-electron chi connectivity index (χ1n) is 8.64. The third kappa shape index (κ3) is 6.59. The fraction of sp³-hybridized carbons (Fsp3) is 0.611. The smallest absolute Gasteiger partial charge is 0.191 e. The van der Waals surface area contributed by atoms with Gasteiger partial charge in [0.05, 0.1) is 6.61 Å². The Morgan fingerprint density at radius 2 is 1.83 bits per heavy atom. The van der Waals surface area contributed by atoms with E-state index in [0.29, 0.717) is 6.61 Å². The van der Waals surface area contributed by atoms with Gasteiger partial charge in [-0.15, -0.1) is 0 Å². The number of hydrogen-bond acceptors (Lipinski definition) is 3. The Hall–Kier alpha value is -1.59. The predicted molar refractivity (Wildman–Crippen MR) is 95.6 cm³/mol. The molecule has 0 unspecified atom stereocenters. The molecule has 1 heterocycles. The average molecular weight is 318 g/mol. The van der Waals surface area contributed by atoms with E-state index in [1.165, 1.54) is 37.1 Å². The van der Waals surface area contributed by atoms with Crippen molar-refractivity contribution in [2.75, 3.05) is 39.9 Å². The molecule has 128 valence electrons. The molecule has 2 rings (SSSR count). The van der Waals surface area contributed by atoms with E-state index in [1.807, 2.05) is 6.92 Å². The third-order valence-corrected chi connectivity index (χ3v) is 4.05. The highest BCUT2D eigenvalue weighted by molar-refractivity contribution is 5.79. The number of rotatable bonds is 8. The molecule has 1 aliphatic rings. The Balaban J connectivity index is 1.71. The van der Waals surface area contributed by atoms with Crippen LogP contribution in [0, 0.1) is 0 Å². The molecule has 1 saturated heterocycles. The highest BCUT2D eigenvalue weighted by atomic mass is 16.5. The van der Waals surface area contributed by atoms with Crippen molar-refractivity contribution in [1.29, 1.82) is 0 Å². The minimum Gasteiger partial charge on any atom is -0.380 e. The van der Waals surface area contributed by atoms with Crippen molar-refractivity contribution in [3.05, 3.63) is 35.4 Å². The summed E-state index contributed by atoms with van der Waals surface area (Å²) >= 11 is 0. The highest BCUT2D eigenvalue weighted by Gasteiger charge is 2.11. The van der Waals surface area contributed by atoms with Crippen molar-refractivity contribution in [2.24, 2.45) is 4.99 Å². The second-order valence-corrected chi connectivity index (χ2v) is 5.85. The van der Waals surface area contributed by atoms with E-state index in [-0.39, 0.29) is 0 Å². The summed E-state index contributed by atoms with van der Waals surface area (Å²) in [5.74, 6) is 0.811. The molecule has 1 aromatic carbocycles. The van der Waals surface area contributed by atoms with Gasteiger partial charge in [-0.05, 0) is 44.0 Å². The van der Waals surface area contributed by atoms with E-state index in [0.717, 1.165) is 32.2 Å². The molecule has 1 aliphatic heterocycles. The van der Waals surface area contributed by atoms with Gasteiger partial charge >= 0.3 is 0 Å². The maximum absolute atomic E-state index is 5.31. The molecule has 0 radical (unpaired) electrons. The molecule has 0 atom stereocenters. The van der Waals surface area contributed by atoms with Gasteiger partial charge in [0.25, 0.3) is 0 Å². The van der Waals surface area contributed by atoms with Crippen LogP contribution in [0.25, 0.3) is 0 Å². The fourth-order valence-electron chi connectivity index (χ4n) is 2.75. The summed E-state index contributed by atoms with van der Waals surface area (Å²) in [6.45, 7) is 8.55. The van der Waals surface area contributed by atoms with Crippen LogP contribution in [0.15, 0.2) is 29.3 Å². The maximum Gasteiger partial charge on any atom is 0.191 e. The number of likely N-dealkylation sites (tertiary alicyclic amines) is 1. The van der Waals surface area contributed by atoms with Crippen LogP contribution in [0.1, 0.15) is 30.9 Å². The summed E-state index contributed by atoms with van der Waals surface area (Å²) in [7, 11) is 1.79. The SMILES string of the molecule is CCOCCNC(=NC)NCc1ccc(CN2CCCC2)cc1. The largest absolute Gasteiger partial charge is 0.380 e. The first-order chi connectivity index (χ1) is 11.3. The lowest BCUT2D eigenvalue weighted by molar-refractivity contribution is 0.152. The summed E-state index contributed by atoms with van der Waals surface area (Å²) in [5, 5.41) is 6.57. The van der Waals surface area contributed by atoms with Crippen LogP contribution in [0.4, 0.5) is 0 Å². The topological polar surface area (TPSA) is 48.9 Å². The standard InChI is InChI=1S/C18H30N4O/c1-3-23-13-10-20-18(19-2)21-14-16-6-8-17(9-7-16)15-22-11-4-5-12-22/h6-9H,3-5,10-15H2,1-2H3,(H2,19,20,21). The molecule has 0 amide bonds. The summed E-state index contributed by atoms with van der Waals surface area (Å²) in [6, 6.07) is 8.87. The number of hydrogen-bond donors (Lipinski definition) is 2. The summed E-state index contributed by atoms with van der Waals surface area (Å²) in [4.78, 5) is 6.74. The minimum absolute atomic E-state index is 0.697. The quantitative estimate of drug-likeness (QED) is 0.437. The normalized spacial score (nSPS) is 15.8. The number of ether oxygens (including phenoxy) is 1. The molecule has 0 aromatic heterocycles. The zero-order valence-corrected chi connectivity index (χ0v) is 14.5. The Labute approximate surface area is 140 Å². The van der Waals surface area contributed by atoms with Gasteiger partial charge in [-0.2, -0.15) is 0 Å². The molecule has 0 spiro atoms. The van der Waals surface area contributed by atoms with Crippen LogP contribution in [0.3, 0.4) is 0 Å². The van der Waals surface area contributed by atoms with E-state index in [9.17, 15) is 0 Å². The van der Waals surface area contributed by atoms with Crippen molar-refractivity contribution < 1.29 is 4.74 Å². The molecule has 1 fully saturated rings. The molecule has 23 heavy (non-hydrogen) atoms. The number of nitrogens with zero attached hydrogens (tertiary/aromatic N) is 2. The third-order valence-electron chi connectivity index (χ3n) is 4.05. The maximum atomic E-state index is 5.31. The van der Waals surface area contributed by atoms with Crippen molar-refractivity contribution in [1.82, 2.24) is 15.5 Å². The van der Waals surface area contributed by atoms with Crippen LogP contribution in [0.2, 0.25) is 0 Å². The second-order valence-electron chi connectivity index (χ2n) is 5.85. The van der Waals surface area contributed by atoms with Crippen LogP contribution < -0.4 is 10.6 Å². The zero-order valence-electron chi connectivity index (χ0n) is 14.5. The summed E-state index contributed by atoms with van der Waals surface area (Å²) in [6.07, 6.45) is 2.69. The molecular formula is C18H30N4O. The van der Waals surface area contributed by atoms with E-state index < -0.39 is 0 Å². The fourth-order valence-corrected chi connectivity index (χ4v) is 2.75. The number of aliphatic imine (C=N–C) groups is 1. The van der Waals surface area contributed by atoms with Gasteiger partial charge in [0.15, 0.2) is 5.96 Å². The van der Waals surface area contributed by atoms with Gasteiger partial charge in [0.1, 0.15) is 0 Å². The summed E-state index contributed by atoms with van der Waals surface area (Å²) in [5.41, 5.74) is 2.66. The lowest BCUT2D eigenvalue weighted by Crippen LogP contribution is -2.38. The Kier molecular flexibility index (Phi) is 7.90. The van der Waals surface area contributed by atoms with Gasteiger partial charge in [0.2, 0.25) is 0 Å². The van der Waals surface area contributed by atoms with Crippen molar-refractivity contribution in [3.63, 3.8) is 0 Å². The molecular weight excluding hydrogens is 288 g/mol. The van der Waals surface area contributed by atoms with E-state index >= 15 is 0 Å². The number of nitrogens with one attached hydrogen (secondary N) is 2. The predicted octanol–water partition coefficient (Wildman–Crippen LogP) is 1.98. The lowest BCUT2D eigenvalue weighted by atomic mass is 10.1. The lowest BCUT2D eigenvalue weighted by Gasteiger charge is -2.15. The molecule has 2 N–H and O–H groups in total. The van der Waals surface area contributed by atoms with Crippen LogP contribution in [-0.4, -0.2) is 50.8 Å². The van der Waals surface area contributed by atoms with Crippen LogP contribution in [-0.2, 0) is 17.8 Å². The zero-order chi connectivity index (χ0) is 16.3. The molecule has 5 heteroatoms. The molecule has 0 aliphatic carbocycles. The Bertz CT molecular complexity index is 466. The van der Waals surface area contributed by atoms with Gasteiger partial charge < -0.3 is 15.4 Å². The Morgan fingerprint density at radius 3 is 2.48 bits per heavy atom. The molecule has 0 saturated carbocycles. The number of benzene rings is 1.